The van der Waals surface area contributed by atoms with Gasteiger partial charge in [-0.2, -0.15) is 0 Å². The molecule has 0 fully saturated rings. The predicted octanol–water partition coefficient (Wildman–Crippen LogP) is 4.62. The summed E-state index contributed by atoms with van der Waals surface area (Å²) in [6, 6.07) is 14.1. The fraction of sp³-hybridized carbons (Fsp3) is 0.444. The van der Waals surface area contributed by atoms with Crippen molar-refractivity contribution in [2.45, 2.75) is 70.5 Å². The third-order valence-electron chi connectivity index (χ3n) is 8.05. The molecule has 1 aliphatic carbocycles. The number of allylic oxidation sites excluding steroid dienone is 2. The molecule has 10 heteroatoms. The van der Waals surface area contributed by atoms with E-state index in [9.17, 15) is 24.3 Å². The van der Waals surface area contributed by atoms with Gasteiger partial charge in [-0.1, -0.05) is 74.5 Å². The number of nitrogens with one attached hydrogen (secondary N) is 3. The van der Waals surface area contributed by atoms with Gasteiger partial charge in [0.1, 0.15) is 19.3 Å². The molecule has 0 radical (unpaired) electrons. The van der Waals surface area contributed by atoms with Crippen molar-refractivity contribution < 1.29 is 33.8 Å². The number of amides is 3. The Hall–Kier alpha value is -4.44. The molecule has 3 amide bonds. The third-order valence-corrected chi connectivity index (χ3v) is 8.05. The molecule has 0 saturated carbocycles. The summed E-state index contributed by atoms with van der Waals surface area (Å²) in [4.78, 5) is 51.6. The summed E-state index contributed by atoms with van der Waals surface area (Å²) in [6.07, 6.45) is 3.38. The SMILES string of the molecule is C=CCC[C@H](NC(=O)OCC1c2ccccc2-c2ccccc21)C(=O)OC[C@@H](NC(=O)[C@H](CC=C)CC(=O)N[C@H](C)CO)C(C)C. The van der Waals surface area contributed by atoms with Crippen LogP contribution >= 0.6 is 0 Å². The average Bonchev–Trinajstić information content (AvgIpc) is 3.36. The molecule has 0 aliphatic heterocycles. The predicted molar refractivity (Wildman–Crippen MR) is 177 cm³/mol. The van der Waals surface area contributed by atoms with E-state index in [0.29, 0.717) is 6.42 Å². The first-order valence-corrected chi connectivity index (χ1v) is 15.8. The second-order valence-electron chi connectivity index (χ2n) is 12.0. The molecule has 2 aromatic rings. The van der Waals surface area contributed by atoms with Gasteiger partial charge in [-0.15, -0.1) is 13.2 Å². The van der Waals surface area contributed by atoms with Gasteiger partial charge in [-0.3, -0.25) is 9.59 Å². The van der Waals surface area contributed by atoms with E-state index in [1.54, 1.807) is 19.1 Å². The lowest BCUT2D eigenvalue weighted by Gasteiger charge is -2.26. The van der Waals surface area contributed by atoms with E-state index >= 15 is 0 Å². The Morgan fingerprint density at radius 3 is 2.09 bits per heavy atom. The second kappa shape index (κ2) is 17.9. The highest BCUT2D eigenvalue weighted by molar-refractivity contribution is 5.86. The maximum absolute atomic E-state index is 13.2. The van der Waals surface area contributed by atoms with Crippen LogP contribution in [0.4, 0.5) is 4.79 Å². The number of ether oxygens (including phenoxy) is 2. The molecule has 10 nitrogen and oxygen atoms in total. The van der Waals surface area contributed by atoms with Crippen LogP contribution in [-0.2, 0) is 23.9 Å². The fourth-order valence-corrected chi connectivity index (χ4v) is 5.38. The van der Waals surface area contributed by atoms with E-state index in [1.807, 2.05) is 50.2 Å². The van der Waals surface area contributed by atoms with Crippen molar-refractivity contribution in [2.24, 2.45) is 11.8 Å². The number of hydrogen-bond acceptors (Lipinski definition) is 7. The molecular formula is C36H47N3O7. The summed E-state index contributed by atoms with van der Waals surface area (Å²) in [6.45, 7) is 12.6. The van der Waals surface area contributed by atoms with E-state index in [2.05, 4.69) is 41.2 Å². The lowest BCUT2D eigenvalue weighted by molar-refractivity contribution is -0.148. The molecule has 0 spiro atoms. The molecule has 0 unspecified atom stereocenters. The van der Waals surface area contributed by atoms with Crippen LogP contribution < -0.4 is 16.0 Å². The number of aliphatic hydroxyl groups excluding tert-OH is 1. The Morgan fingerprint density at radius 1 is 0.891 bits per heavy atom. The van der Waals surface area contributed by atoms with E-state index in [1.165, 1.54) is 0 Å². The maximum Gasteiger partial charge on any atom is 0.407 e. The van der Waals surface area contributed by atoms with Crippen LogP contribution in [0.2, 0.25) is 0 Å². The lowest BCUT2D eigenvalue weighted by Crippen LogP contribution is -2.48. The van der Waals surface area contributed by atoms with Crippen molar-refractivity contribution in [3.8, 4) is 11.1 Å². The number of hydrogen-bond donors (Lipinski definition) is 4. The zero-order chi connectivity index (χ0) is 33.6. The highest BCUT2D eigenvalue weighted by Gasteiger charge is 2.31. The Morgan fingerprint density at radius 2 is 1.52 bits per heavy atom. The minimum Gasteiger partial charge on any atom is -0.462 e. The van der Waals surface area contributed by atoms with Gasteiger partial charge in [0.05, 0.1) is 18.6 Å². The van der Waals surface area contributed by atoms with Crippen molar-refractivity contribution in [3.05, 3.63) is 85.0 Å². The van der Waals surface area contributed by atoms with Crippen LogP contribution in [0, 0.1) is 11.8 Å². The van der Waals surface area contributed by atoms with Crippen LogP contribution in [0.25, 0.3) is 11.1 Å². The molecule has 46 heavy (non-hydrogen) atoms. The fourth-order valence-electron chi connectivity index (χ4n) is 5.38. The normalized spacial score (nSPS) is 14.5. The van der Waals surface area contributed by atoms with Crippen LogP contribution in [0.1, 0.15) is 63.5 Å². The van der Waals surface area contributed by atoms with Gasteiger partial charge in [0.2, 0.25) is 11.8 Å². The lowest BCUT2D eigenvalue weighted by atomic mass is 9.97. The second-order valence-corrected chi connectivity index (χ2v) is 12.0. The van der Waals surface area contributed by atoms with Gasteiger partial charge in [0.15, 0.2) is 0 Å². The minimum atomic E-state index is -0.983. The number of carbonyl (C=O) groups excluding carboxylic acids is 4. The van der Waals surface area contributed by atoms with E-state index in [4.69, 9.17) is 9.47 Å². The molecule has 248 valence electrons. The highest BCUT2D eigenvalue weighted by atomic mass is 16.6. The van der Waals surface area contributed by atoms with Crippen molar-refractivity contribution >= 4 is 23.9 Å². The van der Waals surface area contributed by atoms with Crippen LogP contribution in [0.15, 0.2) is 73.8 Å². The summed E-state index contributed by atoms with van der Waals surface area (Å²) in [7, 11) is 0. The van der Waals surface area contributed by atoms with Crippen LogP contribution in [0.3, 0.4) is 0 Å². The summed E-state index contributed by atoms with van der Waals surface area (Å²) in [5, 5.41) is 17.4. The molecule has 0 aromatic heterocycles. The molecule has 0 bridgehead atoms. The summed E-state index contributed by atoms with van der Waals surface area (Å²) < 4.78 is 11.2. The molecule has 0 saturated heterocycles. The van der Waals surface area contributed by atoms with Gasteiger partial charge >= 0.3 is 12.1 Å². The van der Waals surface area contributed by atoms with Crippen LogP contribution in [-0.4, -0.2) is 66.9 Å². The Balaban J connectivity index is 1.59. The van der Waals surface area contributed by atoms with Crippen molar-refractivity contribution in [2.75, 3.05) is 19.8 Å². The number of aliphatic hydroxyl groups is 1. The standard InChI is InChI=1S/C36H47N3O7/c1-6-8-18-31(39-36(44)46-21-30-28-16-11-9-14-26(28)27-15-10-12-17-29(27)30)35(43)45-22-32(23(3)4)38-34(42)25(13-7-2)19-33(41)37-24(5)20-40/h6-7,9-12,14-17,23-25,30-32,40H,1-2,8,13,18-22H2,3-5H3,(H,37,41)(H,38,42)(H,39,44)/t24-,25-,31+,32-/m1/s1. The number of alkyl carbamates (subject to hydrolysis) is 1. The van der Waals surface area contributed by atoms with Gasteiger partial charge in [0, 0.05) is 18.4 Å². The first-order chi connectivity index (χ1) is 22.1. The number of esters is 1. The summed E-state index contributed by atoms with van der Waals surface area (Å²) in [5.41, 5.74) is 4.39. The maximum atomic E-state index is 13.2. The third kappa shape index (κ3) is 10.0. The van der Waals surface area contributed by atoms with Crippen molar-refractivity contribution in [1.29, 1.82) is 0 Å². The topological polar surface area (TPSA) is 143 Å². The van der Waals surface area contributed by atoms with Crippen molar-refractivity contribution in [1.82, 2.24) is 16.0 Å². The molecular weight excluding hydrogens is 586 g/mol. The van der Waals surface area contributed by atoms with E-state index < -0.39 is 36.1 Å². The highest BCUT2D eigenvalue weighted by Crippen LogP contribution is 2.44. The van der Waals surface area contributed by atoms with E-state index in [0.717, 1.165) is 22.3 Å². The first kappa shape index (κ1) is 36.0. The van der Waals surface area contributed by atoms with E-state index in [-0.39, 0.29) is 62.7 Å². The molecule has 1 aliphatic rings. The number of carbonyl (C=O) groups is 4. The molecule has 4 atom stereocenters. The van der Waals surface area contributed by atoms with Gasteiger partial charge in [-0.25, -0.2) is 9.59 Å². The monoisotopic (exact) mass is 633 g/mol. The van der Waals surface area contributed by atoms with Crippen molar-refractivity contribution in [3.63, 3.8) is 0 Å². The summed E-state index contributed by atoms with van der Waals surface area (Å²) >= 11 is 0. The minimum absolute atomic E-state index is 0.0829. The Kier molecular flexibility index (Phi) is 14.0. The zero-order valence-electron chi connectivity index (χ0n) is 27.0. The number of fused-ring (bicyclic) bond motifs is 3. The quantitative estimate of drug-likeness (QED) is 0.139. The zero-order valence-corrected chi connectivity index (χ0v) is 27.0. The molecule has 0 heterocycles. The molecule has 3 rings (SSSR count). The first-order valence-electron chi connectivity index (χ1n) is 15.8. The average molecular weight is 634 g/mol. The van der Waals surface area contributed by atoms with Gasteiger partial charge < -0.3 is 30.5 Å². The largest absolute Gasteiger partial charge is 0.462 e. The van der Waals surface area contributed by atoms with Gasteiger partial charge in [0.25, 0.3) is 0 Å². The van der Waals surface area contributed by atoms with Crippen LogP contribution in [0.5, 0.6) is 0 Å². The molecule has 2 aromatic carbocycles. The number of benzene rings is 2. The molecule has 4 N–H and O–H groups in total. The Labute approximate surface area is 271 Å². The van der Waals surface area contributed by atoms with Gasteiger partial charge in [-0.05, 0) is 54.4 Å². The summed E-state index contributed by atoms with van der Waals surface area (Å²) in [5.74, 6) is -2.31. The number of rotatable bonds is 18. The Bertz CT molecular complexity index is 1330. The smallest absolute Gasteiger partial charge is 0.407 e.